The first-order valence-corrected chi connectivity index (χ1v) is 6.77. The van der Waals surface area contributed by atoms with E-state index in [2.05, 4.69) is 10.3 Å². The summed E-state index contributed by atoms with van der Waals surface area (Å²) in [6, 6.07) is 7.49. The van der Waals surface area contributed by atoms with Gasteiger partial charge in [-0.3, -0.25) is 4.79 Å². The van der Waals surface area contributed by atoms with Gasteiger partial charge >= 0.3 is 6.18 Å². The number of benzene rings is 1. The van der Waals surface area contributed by atoms with Crippen molar-refractivity contribution in [1.82, 2.24) is 15.0 Å². The van der Waals surface area contributed by atoms with Crippen LogP contribution in [0.1, 0.15) is 16.1 Å². The van der Waals surface area contributed by atoms with Crippen molar-refractivity contribution in [2.75, 3.05) is 6.26 Å². The molecule has 2 rings (SSSR count). The van der Waals surface area contributed by atoms with Crippen LogP contribution in [0.3, 0.4) is 0 Å². The van der Waals surface area contributed by atoms with Crippen LogP contribution in [-0.4, -0.2) is 33.2 Å². The number of hydrogen-bond acceptors (Lipinski definition) is 4. The average Bonchev–Trinajstić information content (AvgIpc) is 2.86. The third kappa shape index (κ3) is 3.38. The Labute approximate surface area is 117 Å². The number of nitrogens with zero attached hydrogens (tertiary/aromatic N) is 3. The quantitative estimate of drug-likeness (QED) is 0.643. The molecule has 8 heteroatoms. The Kier molecular flexibility index (Phi) is 4.12. The number of ketones is 1. The van der Waals surface area contributed by atoms with Crippen molar-refractivity contribution in [1.29, 1.82) is 0 Å². The normalized spacial score (nSPS) is 11.6. The maximum atomic E-state index is 12.2. The van der Waals surface area contributed by atoms with Crippen molar-refractivity contribution in [3.8, 4) is 0 Å². The van der Waals surface area contributed by atoms with Gasteiger partial charge in [0.2, 0.25) is 0 Å². The lowest BCUT2D eigenvalue weighted by atomic mass is 10.2. The summed E-state index contributed by atoms with van der Waals surface area (Å²) in [7, 11) is 0. The molecule has 0 amide bonds. The summed E-state index contributed by atoms with van der Waals surface area (Å²) in [6.45, 7) is 0.257. The molecule has 0 fully saturated rings. The lowest BCUT2D eigenvalue weighted by molar-refractivity contribution is -0.0888. The van der Waals surface area contributed by atoms with Gasteiger partial charge in [0, 0.05) is 4.90 Å². The summed E-state index contributed by atoms with van der Waals surface area (Å²) in [5.41, 5.74) is 0.164. The molecule has 0 spiro atoms. The van der Waals surface area contributed by atoms with E-state index in [9.17, 15) is 18.0 Å². The molecule has 0 radical (unpaired) electrons. The molecule has 0 aliphatic carbocycles. The Morgan fingerprint density at radius 3 is 2.50 bits per heavy atom. The minimum absolute atomic E-state index is 0.257. The van der Waals surface area contributed by atoms with E-state index in [1.807, 2.05) is 30.5 Å². The van der Waals surface area contributed by atoms with Crippen LogP contribution in [0.2, 0.25) is 0 Å². The number of halogens is 3. The van der Waals surface area contributed by atoms with E-state index in [-0.39, 0.29) is 6.54 Å². The molecular formula is C12H10F3N3OS. The second kappa shape index (κ2) is 5.66. The largest absolute Gasteiger partial charge is 0.456 e. The molecule has 0 saturated carbocycles. The summed E-state index contributed by atoms with van der Waals surface area (Å²) in [4.78, 5) is 12.1. The standard InChI is InChI=1S/C12H10F3N3OS/c1-20-9-4-2-8(3-5-9)6-18-7-10(16-17-18)11(19)12(13,14)15/h2-5,7H,6H2,1H3. The van der Waals surface area contributed by atoms with Crippen molar-refractivity contribution < 1.29 is 18.0 Å². The first-order chi connectivity index (χ1) is 9.40. The number of rotatable bonds is 4. The molecule has 1 aromatic heterocycles. The van der Waals surface area contributed by atoms with Crippen LogP contribution in [0.25, 0.3) is 0 Å². The Morgan fingerprint density at radius 1 is 1.30 bits per heavy atom. The number of thioether (sulfide) groups is 1. The molecule has 0 bridgehead atoms. The van der Waals surface area contributed by atoms with Crippen molar-refractivity contribution in [2.24, 2.45) is 0 Å². The fourth-order valence-electron chi connectivity index (χ4n) is 1.54. The summed E-state index contributed by atoms with van der Waals surface area (Å²) in [5, 5.41) is 6.78. The van der Waals surface area contributed by atoms with Gasteiger partial charge in [0.25, 0.3) is 5.78 Å². The van der Waals surface area contributed by atoms with E-state index in [0.717, 1.165) is 16.7 Å². The molecule has 0 aliphatic rings. The zero-order chi connectivity index (χ0) is 14.8. The highest BCUT2D eigenvalue weighted by Crippen LogP contribution is 2.20. The SMILES string of the molecule is CSc1ccc(Cn2cc(C(=O)C(F)(F)F)nn2)cc1. The number of Topliss-reactive ketones (excluding diaryl/α,β-unsaturated/α-hetero) is 1. The lowest BCUT2D eigenvalue weighted by Gasteiger charge is -2.02. The topological polar surface area (TPSA) is 47.8 Å². The van der Waals surface area contributed by atoms with Gasteiger partial charge in [0.15, 0.2) is 5.69 Å². The average molecular weight is 301 g/mol. The predicted molar refractivity (Wildman–Crippen MR) is 67.7 cm³/mol. The molecule has 0 atom stereocenters. The van der Waals surface area contributed by atoms with Gasteiger partial charge in [0.05, 0.1) is 12.7 Å². The second-order valence-electron chi connectivity index (χ2n) is 3.98. The molecule has 1 aromatic carbocycles. The maximum Gasteiger partial charge on any atom is 0.456 e. The van der Waals surface area contributed by atoms with Crippen molar-refractivity contribution in [3.63, 3.8) is 0 Å². The zero-order valence-corrected chi connectivity index (χ0v) is 11.2. The first kappa shape index (κ1) is 14.6. The van der Waals surface area contributed by atoms with Crippen LogP contribution in [0.15, 0.2) is 35.4 Å². The molecular weight excluding hydrogens is 291 g/mol. The molecule has 0 unspecified atom stereocenters. The lowest BCUT2D eigenvalue weighted by Crippen LogP contribution is -2.23. The highest BCUT2D eigenvalue weighted by molar-refractivity contribution is 7.98. The van der Waals surface area contributed by atoms with Crippen LogP contribution >= 0.6 is 11.8 Å². The van der Waals surface area contributed by atoms with Crippen LogP contribution in [-0.2, 0) is 6.54 Å². The van der Waals surface area contributed by atoms with Crippen molar-refractivity contribution in [2.45, 2.75) is 17.6 Å². The number of alkyl halides is 3. The Bertz CT molecular complexity index is 607. The Morgan fingerprint density at radius 2 is 1.95 bits per heavy atom. The van der Waals surface area contributed by atoms with Crippen LogP contribution < -0.4 is 0 Å². The number of carbonyl (C=O) groups is 1. The summed E-state index contributed by atoms with van der Waals surface area (Å²) in [6.07, 6.45) is -1.99. The minimum Gasteiger partial charge on any atom is -0.282 e. The van der Waals surface area contributed by atoms with Gasteiger partial charge < -0.3 is 0 Å². The maximum absolute atomic E-state index is 12.2. The van der Waals surface area contributed by atoms with Gasteiger partial charge in [-0.15, -0.1) is 16.9 Å². The van der Waals surface area contributed by atoms with E-state index in [0.29, 0.717) is 0 Å². The molecule has 1 heterocycles. The molecule has 0 aliphatic heterocycles. The molecule has 106 valence electrons. The molecule has 2 aromatic rings. The Hall–Kier alpha value is -1.83. The van der Waals surface area contributed by atoms with Crippen LogP contribution in [0.4, 0.5) is 13.2 Å². The monoisotopic (exact) mass is 301 g/mol. The Balaban J connectivity index is 2.11. The second-order valence-corrected chi connectivity index (χ2v) is 4.86. The van der Waals surface area contributed by atoms with Gasteiger partial charge in [-0.2, -0.15) is 13.2 Å². The zero-order valence-electron chi connectivity index (χ0n) is 10.4. The molecule has 20 heavy (non-hydrogen) atoms. The summed E-state index contributed by atoms with van der Waals surface area (Å²) in [5.74, 6) is -1.98. The van der Waals surface area contributed by atoms with Gasteiger partial charge in [-0.1, -0.05) is 17.3 Å². The van der Waals surface area contributed by atoms with Gasteiger partial charge in [0.1, 0.15) is 0 Å². The highest BCUT2D eigenvalue weighted by Gasteiger charge is 2.41. The van der Waals surface area contributed by atoms with Gasteiger partial charge in [-0.05, 0) is 24.0 Å². The fourth-order valence-corrected chi connectivity index (χ4v) is 1.95. The number of carbonyl (C=O) groups excluding carboxylic acids is 1. The van der Waals surface area contributed by atoms with Gasteiger partial charge in [-0.25, -0.2) is 4.68 Å². The van der Waals surface area contributed by atoms with E-state index in [4.69, 9.17) is 0 Å². The van der Waals surface area contributed by atoms with Crippen molar-refractivity contribution >= 4 is 17.5 Å². The van der Waals surface area contributed by atoms with E-state index in [1.54, 1.807) is 11.8 Å². The predicted octanol–water partition coefficient (Wildman–Crippen LogP) is 2.79. The van der Waals surface area contributed by atoms with E-state index >= 15 is 0 Å². The van der Waals surface area contributed by atoms with Crippen LogP contribution in [0, 0.1) is 0 Å². The van der Waals surface area contributed by atoms with E-state index in [1.165, 1.54) is 4.68 Å². The number of aromatic nitrogens is 3. The fraction of sp³-hybridized carbons (Fsp3) is 0.250. The van der Waals surface area contributed by atoms with Crippen LogP contribution in [0.5, 0.6) is 0 Å². The first-order valence-electron chi connectivity index (χ1n) is 5.55. The third-order valence-electron chi connectivity index (χ3n) is 2.53. The minimum atomic E-state index is -4.93. The molecule has 0 saturated heterocycles. The summed E-state index contributed by atoms with van der Waals surface area (Å²) < 4.78 is 37.9. The highest BCUT2D eigenvalue weighted by atomic mass is 32.2. The van der Waals surface area contributed by atoms with E-state index < -0.39 is 17.7 Å². The number of hydrogen-bond donors (Lipinski definition) is 0. The van der Waals surface area contributed by atoms with Crippen molar-refractivity contribution in [3.05, 3.63) is 41.7 Å². The third-order valence-corrected chi connectivity index (χ3v) is 3.28. The summed E-state index contributed by atoms with van der Waals surface area (Å²) >= 11 is 1.59. The smallest absolute Gasteiger partial charge is 0.282 e. The molecule has 0 N–H and O–H groups in total. The molecule has 4 nitrogen and oxygen atoms in total.